The summed E-state index contributed by atoms with van der Waals surface area (Å²) in [6.45, 7) is 5.18. The number of ether oxygens (including phenoxy) is 1. The van der Waals surface area contributed by atoms with Crippen LogP contribution >= 0.6 is 0 Å². The number of carboxylic acid groups (broad SMARTS) is 1. The molecule has 0 atom stereocenters. The highest BCUT2D eigenvalue weighted by Crippen LogP contribution is 2.23. The lowest BCUT2D eigenvalue weighted by Gasteiger charge is -2.20. The van der Waals surface area contributed by atoms with E-state index in [4.69, 9.17) is 15.6 Å². The molecular weight excluding hydrogens is 236 g/mol. The molecule has 0 fully saturated rings. The van der Waals surface area contributed by atoms with Crippen molar-refractivity contribution in [1.29, 1.82) is 0 Å². The molecule has 0 aliphatic rings. The molecule has 0 aliphatic carbocycles. The molecule has 1 rings (SSSR count). The SMILES string of the molecule is CC(C)(C)OC(=O)Nc1cccc(C(=O)O)c1N. The topological polar surface area (TPSA) is 102 Å². The number of carboxylic acids is 1. The second kappa shape index (κ2) is 4.95. The van der Waals surface area contributed by atoms with Crippen molar-refractivity contribution in [3.63, 3.8) is 0 Å². The van der Waals surface area contributed by atoms with Crippen LogP contribution in [0.25, 0.3) is 0 Å². The van der Waals surface area contributed by atoms with E-state index in [1.54, 1.807) is 20.8 Å². The van der Waals surface area contributed by atoms with E-state index in [2.05, 4.69) is 5.32 Å². The molecule has 0 saturated heterocycles. The molecule has 6 heteroatoms. The minimum Gasteiger partial charge on any atom is -0.478 e. The normalized spacial score (nSPS) is 10.8. The number of amides is 1. The number of benzene rings is 1. The first-order valence-corrected chi connectivity index (χ1v) is 5.32. The second-order valence-corrected chi connectivity index (χ2v) is 4.70. The molecule has 0 aliphatic heterocycles. The standard InChI is InChI=1S/C12H16N2O4/c1-12(2,3)18-11(17)14-8-6-4-5-7(9(8)13)10(15)16/h4-6H,13H2,1-3H3,(H,14,17)(H,15,16). The van der Waals surface area contributed by atoms with Crippen molar-refractivity contribution >= 4 is 23.4 Å². The number of para-hydroxylation sites is 1. The fourth-order valence-electron chi connectivity index (χ4n) is 1.27. The van der Waals surface area contributed by atoms with Gasteiger partial charge in [0.15, 0.2) is 0 Å². The molecule has 0 radical (unpaired) electrons. The number of nitrogens with one attached hydrogen (secondary N) is 1. The van der Waals surface area contributed by atoms with E-state index in [9.17, 15) is 9.59 Å². The number of nitrogens with two attached hydrogens (primary N) is 1. The lowest BCUT2D eigenvalue weighted by Crippen LogP contribution is -2.27. The van der Waals surface area contributed by atoms with E-state index in [0.717, 1.165) is 0 Å². The first kappa shape index (κ1) is 13.8. The molecule has 0 aromatic heterocycles. The Labute approximate surface area is 105 Å². The zero-order valence-electron chi connectivity index (χ0n) is 10.5. The third kappa shape index (κ3) is 3.65. The Morgan fingerprint density at radius 1 is 1.33 bits per heavy atom. The van der Waals surface area contributed by atoms with Crippen LogP contribution in [0.15, 0.2) is 18.2 Å². The van der Waals surface area contributed by atoms with E-state index in [1.807, 2.05) is 0 Å². The summed E-state index contributed by atoms with van der Waals surface area (Å²) in [7, 11) is 0. The van der Waals surface area contributed by atoms with Crippen LogP contribution in [0.4, 0.5) is 16.2 Å². The van der Waals surface area contributed by atoms with Crippen LogP contribution in [0.5, 0.6) is 0 Å². The summed E-state index contributed by atoms with van der Waals surface area (Å²) in [4.78, 5) is 22.4. The van der Waals surface area contributed by atoms with Gasteiger partial charge in [-0.25, -0.2) is 9.59 Å². The number of anilines is 2. The summed E-state index contributed by atoms with van der Waals surface area (Å²) in [6, 6.07) is 4.36. The molecule has 4 N–H and O–H groups in total. The average Bonchev–Trinajstić information content (AvgIpc) is 2.17. The number of hydrogen-bond acceptors (Lipinski definition) is 4. The predicted molar refractivity (Wildman–Crippen MR) is 67.7 cm³/mol. The van der Waals surface area contributed by atoms with Gasteiger partial charge >= 0.3 is 12.1 Å². The summed E-state index contributed by atoms with van der Waals surface area (Å²) >= 11 is 0. The Morgan fingerprint density at radius 3 is 2.44 bits per heavy atom. The van der Waals surface area contributed by atoms with Crippen molar-refractivity contribution in [2.24, 2.45) is 0 Å². The Balaban J connectivity index is 2.89. The van der Waals surface area contributed by atoms with Gasteiger partial charge in [-0.1, -0.05) is 6.07 Å². The van der Waals surface area contributed by atoms with E-state index >= 15 is 0 Å². The van der Waals surface area contributed by atoms with Gasteiger partial charge in [-0.2, -0.15) is 0 Å². The van der Waals surface area contributed by atoms with E-state index < -0.39 is 17.7 Å². The maximum Gasteiger partial charge on any atom is 0.412 e. The molecule has 0 saturated carbocycles. The zero-order chi connectivity index (χ0) is 13.9. The molecular formula is C12H16N2O4. The molecule has 0 bridgehead atoms. The van der Waals surface area contributed by atoms with Crippen molar-refractivity contribution in [2.45, 2.75) is 26.4 Å². The Hall–Kier alpha value is -2.24. The largest absolute Gasteiger partial charge is 0.478 e. The number of carbonyl (C=O) groups is 2. The van der Waals surface area contributed by atoms with E-state index in [1.165, 1.54) is 18.2 Å². The van der Waals surface area contributed by atoms with Gasteiger partial charge in [0.2, 0.25) is 0 Å². The Bertz CT molecular complexity index is 477. The molecule has 0 heterocycles. The maximum absolute atomic E-state index is 11.5. The van der Waals surface area contributed by atoms with E-state index in [-0.39, 0.29) is 16.9 Å². The Kier molecular flexibility index (Phi) is 3.80. The number of carbonyl (C=O) groups excluding carboxylic acids is 1. The number of rotatable bonds is 2. The average molecular weight is 252 g/mol. The highest BCUT2D eigenvalue weighted by atomic mass is 16.6. The lowest BCUT2D eigenvalue weighted by molar-refractivity contribution is 0.0633. The minimum absolute atomic E-state index is 0.00383. The first-order chi connectivity index (χ1) is 8.20. The maximum atomic E-state index is 11.5. The molecule has 98 valence electrons. The van der Waals surface area contributed by atoms with Gasteiger partial charge < -0.3 is 15.6 Å². The monoisotopic (exact) mass is 252 g/mol. The number of hydrogen-bond donors (Lipinski definition) is 3. The van der Waals surface area contributed by atoms with Crippen molar-refractivity contribution in [3.8, 4) is 0 Å². The molecule has 1 aromatic carbocycles. The van der Waals surface area contributed by atoms with Crippen LogP contribution in [0, 0.1) is 0 Å². The minimum atomic E-state index is -1.15. The van der Waals surface area contributed by atoms with Crippen molar-refractivity contribution in [3.05, 3.63) is 23.8 Å². The summed E-state index contributed by atoms with van der Waals surface area (Å²) < 4.78 is 5.04. The van der Waals surface area contributed by atoms with Crippen molar-refractivity contribution in [1.82, 2.24) is 0 Å². The molecule has 1 amide bonds. The van der Waals surface area contributed by atoms with E-state index in [0.29, 0.717) is 0 Å². The number of nitrogen functional groups attached to an aromatic ring is 1. The molecule has 1 aromatic rings. The summed E-state index contributed by atoms with van der Waals surface area (Å²) in [5, 5.41) is 11.3. The van der Waals surface area contributed by atoms with Gasteiger partial charge in [-0.15, -0.1) is 0 Å². The van der Waals surface area contributed by atoms with Gasteiger partial charge in [0.25, 0.3) is 0 Å². The smallest absolute Gasteiger partial charge is 0.412 e. The Morgan fingerprint density at radius 2 is 1.94 bits per heavy atom. The second-order valence-electron chi connectivity index (χ2n) is 4.70. The van der Waals surface area contributed by atoms with Gasteiger partial charge in [-0.3, -0.25) is 5.32 Å². The zero-order valence-corrected chi connectivity index (χ0v) is 10.5. The van der Waals surface area contributed by atoms with Gasteiger partial charge in [0.05, 0.1) is 16.9 Å². The fourth-order valence-corrected chi connectivity index (χ4v) is 1.27. The highest BCUT2D eigenvalue weighted by Gasteiger charge is 2.18. The molecule has 0 spiro atoms. The van der Waals surface area contributed by atoms with Crippen LogP contribution in [-0.2, 0) is 4.74 Å². The first-order valence-electron chi connectivity index (χ1n) is 5.32. The third-order valence-electron chi connectivity index (χ3n) is 1.97. The lowest BCUT2D eigenvalue weighted by atomic mass is 10.1. The van der Waals surface area contributed by atoms with Gasteiger partial charge in [-0.05, 0) is 32.9 Å². The number of aromatic carboxylic acids is 1. The molecule has 0 unspecified atom stereocenters. The third-order valence-corrected chi connectivity index (χ3v) is 1.97. The van der Waals surface area contributed by atoms with Crippen LogP contribution in [-0.4, -0.2) is 22.8 Å². The quantitative estimate of drug-likeness (QED) is 0.701. The van der Waals surface area contributed by atoms with Crippen LogP contribution in [0.2, 0.25) is 0 Å². The van der Waals surface area contributed by atoms with Crippen LogP contribution in [0.3, 0.4) is 0 Å². The molecule has 18 heavy (non-hydrogen) atoms. The van der Waals surface area contributed by atoms with Crippen LogP contribution in [0.1, 0.15) is 31.1 Å². The van der Waals surface area contributed by atoms with Gasteiger partial charge in [0, 0.05) is 0 Å². The van der Waals surface area contributed by atoms with Crippen LogP contribution < -0.4 is 11.1 Å². The van der Waals surface area contributed by atoms with Crippen molar-refractivity contribution in [2.75, 3.05) is 11.1 Å². The summed E-state index contributed by atoms with van der Waals surface area (Å²) in [5.41, 5.74) is 5.15. The summed E-state index contributed by atoms with van der Waals surface area (Å²) in [6.07, 6.45) is -0.684. The fraction of sp³-hybridized carbons (Fsp3) is 0.333. The molecule has 6 nitrogen and oxygen atoms in total. The summed E-state index contributed by atoms with van der Waals surface area (Å²) in [5.74, 6) is -1.15. The highest BCUT2D eigenvalue weighted by molar-refractivity contribution is 6.00. The predicted octanol–water partition coefficient (Wildman–Crippen LogP) is 2.31. The van der Waals surface area contributed by atoms with Gasteiger partial charge in [0.1, 0.15) is 5.60 Å². The van der Waals surface area contributed by atoms with Crippen molar-refractivity contribution < 1.29 is 19.4 Å².